The quantitative estimate of drug-likeness (QED) is 0.640. The monoisotopic (exact) mass is 255 g/mol. The molecule has 1 fully saturated rings. The highest BCUT2D eigenvalue weighted by Crippen LogP contribution is 2.31. The zero-order valence-electron chi connectivity index (χ0n) is 9.28. The summed E-state index contributed by atoms with van der Waals surface area (Å²) in [5.41, 5.74) is 6.60. The molecule has 1 aliphatic rings. The highest BCUT2D eigenvalue weighted by Gasteiger charge is 2.32. The van der Waals surface area contributed by atoms with E-state index in [1.54, 1.807) is 6.07 Å². The van der Waals surface area contributed by atoms with Crippen LogP contribution in [0, 0.1) is 10.1 Å². The number of hydrogen-bond acceptors (Lipinski definition) is 4. The Morgan fingerprint density at radius 3 is 2.71 bits per heavy atom. The Kier molecular flexibility index (Phi) is 3.22. The number of hydrogen-bond donors (Lipinski definition) is 2. The molecule has 0 unspecified atom stereocenters. The molecule has 0 saturated heterocycles. The molecule has 0 spiro atoms. The van der Waals surface area contributed by atoms with Crippen LogP contribution >= 0.6 is 11.6 Å². The second-order valence-corrected chi connectivity index (χ2v) is 4.90. The van der Waals surface area contributed by atoms with Crippen LogP contribution in [0.5, 0.6) is 0 Å². The Bertz CT molecular complexity index is 446. The van der Waals surface area contributed by atoms with Crippen molar-refractivity contribution in [3.63, 3.8) is 0 Å². The van der Waals surface area contributed by atoms with Crippen molar-refractivity contribution in [3.05, 3.63) is 33.3 Å². The van der Waals surface area contributed by atoms with Gasteiger partial charge in [-0.3, -0.25) is 10.1 Å². The van der Waals surface area contributed by atoms with Crippen molar-refractivity contribution in [1.29, 1.82) is 0 Å². The Labute approximate surface area is 104 Å². The maximum absolute atomic E-state index is 10.5. The molecule has 17 heavy (non-hydrogen) atoms. The van der Waals surface area contributed by atoms with Gasteiger partial charge < -0.3 is 11.1 Å². The van der Waals surface area contributed by atoms with E-state index in [-0.39, 0.29) is 11.2 Å². The minimum Gasteiger partial charge on any atom is -0.382 e. The van der Waals surface area contributed by atoms with E-state index in [0.717, 1.165) is 19.3 Å². The molecule has 6 heteroatoms. The Hall–Kier alpha value is -1.33. The zero-order chi connectivity index (χ0) is 12.5. The normalized spacial score (nSPS) is 17.3. The first-order valence-corrected chi connectivity index (χ1v) is 5.85. The van der Waals surface area contributed by atoms with Gasteiger partial charge in [-0.25, -0.2) is 0 Å². The van der Waals surface area contributed by atoms with Crippen molar-refractivity contribution in [2.45, 2.75) is 24.8 Å². The molecule has 2 rings (SSSR count). The number of anilines is 1. The Morgan fingerprint density at radius 2 is 2.24 bits per heavy atom. The number of nitrogens with one attached hydrogen (secondary N) is 1. The topological polar surface area (TPSA) is 81.2 Å². The summed E-state index contributed by atoms with van der Waals surface area (Å²) >= 11 is 5.96. The van der Waals surface area contributed by atoms with E-state index < -0.39 is 4.92 Å². The standard InChI is InChI=1S/C11H14ClN3O2/c12-9-6-8(15(16)17)2-3-10(9)14-7-11(13)4-1-5-11/h2-3,6,14H,1,4-5,7,13H2. The first kappa shape index (κ1) is 12.1. The summed E-state index contributed by atoms with van der Waals surface area (Å²) in [5, 5.41) is 14.0. The number of non-ortho nitro benzene ring substituents is 1. The summed E-state index contributed by atoms with van der Waals surface area (Å²) in [7, 11) is 0. The molecule has 1 aromatic carbocycles. The van der Waals surface area contributed by atoms with Gasteiger partial charge in [0.15, 0.2) is 0 Å². The van der Waals surface area contributed by atoms with Gasteiger partial charge in [-0.05, 0) is 25.3 Å². The molecule has 0 aliphatic heterocycles. The van der Waals surface area contributed by atoms with Crippen LogP contribution in [0.15, 0.2) is 18.2 Å². The number of nitro benzene ring substituents is 1. The summed E-state index contributed by atoms with van der Waals surface area (Å²) in [6.45, 7) is 0.643. The number of nitrogens with two attached hydrogens (primary N) is 1. The van der Waals surface area contributed by atoms with Crippen LogP contribution in [0.3, 0.4) is 0 Å². The lowest BCUT2D eigenvalue weighted by Gasteiger charge is -2.38. The maximum Gasteiger partial charge on any atom is 0.271 e. The van der Waals surface area contributed by atoms with Crippen LogP contribution in [-0.2, 0) is 0 Å². The van der Waals surface area contributed by atoms with Crippen LogP contribution in [-0.4, -0.2) is 17.0 Å². The van der Waals surface area contributed by atoms with Crippen LogP contribution in [0.1, 0.15) is 19.3 Å². The molecule has 5 nitrogen and oxygen atoms in total. The molecule has 0 aromatic heterocycles. The third-order valence-electron chi connectivity index (χ3n) is 3.14. The number of rotatable bonds is 4. The molecule has 0 heterocycles. The molecular weight excluding hydrogens is 242 g/mol. The summed E-state index contributed by atoms with van der Waals surface area (Å²) in [4.78, 5) is 10.1. The average molecular weight is 256 g/mol. The van der Waals surface area contributed by atoms with E-state index in [0.29, 0.717) is 17.3 Å². The van der Waals surface area contributed by atoms with Crippen LogP contribution < -0.4 is 11.1 Å². The lowest BCUT2D eigenvalue weighted by molar-refractivity contribution is -0.384. The third kappa shape index (κ3) is 2.68. The summed E-state index contributed by atoms with van der Waals surface area (Å²) in [6.07, 6.45) is 3.17. The molecule has 1 saturated carbocycles. The highest BCUT2D eigenvalue weighted by molar-refractivity contribution is 6.33. The smallest absolute Gasteiger partial charge is 0.271 e. The molecule has 0 amide bonds. The van der Waals surface area contributed by atoms with Gasteiger partial charge in [-0.1, -0.05) is 11.6 Å². The minimum absolute atomic E-state index is 0.00773. The van der Waals surface area contributed by atoms with Crippen molar-refractivity contribution in [3.8, 4) is 0 Å². The van der Waals surface area contributed by atoms with Gasteiger partial charge in [-0.2, -0.15) is 0 Å². The average Bonchev–Trinajstić information content (AvgIpc) is 2.24. The van der Waals surface area contributed by atoms with Crippen molar-refractivity contribution >= 4 is 23.0 Å². The minimum atomic E-state index is -0.466. The fraction of sp³-hybridized carbons (Fsp3) is 0.455. The van der Waals surface area contributed by atoms with Gasteiger partial charge in [0.25, 0.3) is 5.69 Å². The van der Waals surface area contributed by atoms with Crippen LogP contribution in [0.2, 0.25) is 5.02 Å². The molecule has 92 valence electrons. The van der Waals surface area contributed by atoms with Crippen molar-refractivity contribution < 1.29 is 4.92 Å². The molecular formula is C11H14ClN3O2. The summed E-state index contributed by atoms with van der Waals surface area (Å²) in [6, 6.07) is 4.38. The van der Waals surface area contributed by atoms with E-state index in [2.05, 4.69) is 5.32 Å². The second-order valence-electron chi connectivity index (χ2n) is 4.49. The first-order chi connectivity index (χ1) is 8.00. The SMILES string of the molecule is NC1(CNc2ccc([N+](=O)[O-])cc2Cl)CCC1. The molecule has 0 bridgehead atoms. The summed E-state index contributed by atoms with van der Waals surface area (Å²) < 4.78 is 0. The third-order valence-corrected chi connectivity index (χ3v) is 3.46. The lowest BCUT2D eigenvalue weighted by Crippen LogP contribution is -2.51. The fourth-order valence-corrected chi connectivity index (χ4v) is 2.08. The highest BCUT2D eigenvalue weighted by atomic mass is 35.5. The van der Waals surface area contributed by atoms with E-state index >= 15 is 0 Å². The Morgan fingerprint density at radius 1 is 1.53 bits per heavy atom. The van der Waals surface area contributed by atoms with Gasteiger partial charge in [0.05, 0.1) is 15.6 Å². The van der Waals surface area contributed by atoms with Gasteiger partial charge in [0.1, 0.15) is 0 Å². The second kappa shape index (κ2) is 4.50. The van der Waals surface area contributed by atoms with E-state index in [9.17, 15) is 10.1 Å². The largest absolute Gasteiger partial charge is 0.382 e. The Balaban J connectivity index is 2.03. The van der Waals surface area contributed by atoms with E-state index in [1.807, 2.05) is 0 Å². The van der Waals surface area contributed by atoms with Crippen molar-refractivity contribution in [2.24, 2.45) is 5.73 Å². The van der Waals surface area contributed by atoms with Crippen LogP contribution in [0.25, 0.3) is 0 Å². The maximum atomic E-state index is 10.5. The predicted molar refractivity (Wildman–Crippen MR) is 67.4 cm³/mol. The first-order valence-electron chi connectivity index (χ1n) is 5.47. The van der Waals surface area contributed by atoms with Gasteiger partial charge in [-0.15, -0.1) is 0 Å². The fourth-order valence-electron chi connectivity index (χ4n) is 1.84. The van der Waals surface area contributed by atoms with Gasteiger partial charge in [0, 0.05) is 24.2 Å². The number of benzene rings is 1. The van der Waals surface area contributed by atoms with Crippen LogP contribution in [0.4, 0.5) is 11.4 Å². The molecule has 3 N–H and O–H groups in total. The summed E-state index contributed by atoms with van der Waals surface area (Å²) in [5.74, 6) is 0. The van der Waals surface area contributed by atoms with E-state index in [1.165, 1.54) is 12.1 Å². The van der Waals surface area contributed by atoms with Gasteiger partial charge in [0.2, 0.25) is 0 Å². The van der Waals surface area contributed by atoms with Crippen molar-refractivity contribution in [2.75, 3.05) is 11.9 Å². The molecule has 0 radical (unpaired) electrons. The lowest BCUT2D eigenvalue weighted by atomic mass is 9.78. The molecule has 1 aromatic rings. The number of nitro groups is 1. The number of nitrogens with zero attached hydrogens (tertiary/aromatic N) is 1. The molecule has 0 atom stereocenters. The van der Waals surface area contributed by atoms with Crippen molar-refractivity contribution in [1.82, 2.24) is 0 Å². The zero-order valence-corrected chi connectivity index (χ0v) is 10.0. The van der Waals surface area contributed by atoms with Gasteiger partial charge >= 0.3 is 0 Å². The van der Waals surface area contributed by atoms with E-state index in [4.69, 9.17) is 17.3 Å². The molecule has 1 aliphatic carbocycles. The predicted octanol–water partition coefficient (Wildman–Crippen LogP) is 2.54. The number of halogens is 1.